The summed E-state index contributed by atoms with van der Waals surface area (Å²) in [6.45, 7) is 0.694. The van der Waals surface area contributed by atoms with Crippen LogP contribution in [-0.4, -0.2) is 24.7 Å². The first kappa shape index (κ1) is 15.0. The Morgan fingerprint density at radius 3 is 3.24 bits per heavy atom. The molecule has 1 atom stereocenters. The van der Waals surface area contributed by atoms with Crippen LogP contribution in [0.3, 0.4) is 0 Å². The molecule has 0 amide bonds. The van der Waals surface area contributed by atoms with Gasteiger partial charge in [0.05, 0.1) is 14.3 Å². The minimum Gasteiger partial charge on any atom is -0.456 e. The summed E-state index contributed by atoms with van der Waals surface area (Å²) in [7, 11) is -2.41. The van der Waals surface area contributed by atoms with Crippen molar-refractivity contribution in [2.45, 2.75) is 25.4 Å². The van der Waals surface area contributed by atoms with Crippen LogP contribution in [0.25, 0.3) is 11.1 Å². The third-order valence-corrected chi connectivity index (χ3v) is 5.58. The molecule has 3 aromatic rings. The van der Waals surface area contributed by atoms with Crippen LogP contribution >= 0.6 is 38.9 Å². The van der Waals surface area contributed by atoms with Crippen molar-refractivity contribution in [2.75, 3.05) is 19.0 Å². The molecule has 0 radical (unpaired) electrons. The fourth-order valence-electron chi connectivity index (χ4n) is 2.46. The first-order valence-electron chi connectivity index (χ1n) is 9.16. The molecule has 3 heterocycles. The lowest BCUT2D eigenvalue weighted by Crippen LogP contribution is -2.24. The molecule has 0 aromatic carbocycles. The summed E-state index contributed by atoms with van der Waals surface area (Å²) >= 11 is 11.4. The number of rotatable bonds is 8. The van der Waals surface area contributed by atoms with Gasteiger partial charge in [0.15, 0.2) is 5.58 Å². The average Bonchev–Trinajstić information content (AvgIpc) is 3.21. The Kier molecular flexibility index (Phi) is 5.10. The van der Waals surface area contributed by atoms with E-state index in [0.717, 1.165) is 5.69 Å². The Hall–Kier alpha value is -1.12. The first-order valence-corrected chi connectivity index (χ1v) is 9.71. The van der Waals surface area contributed by atoms with Crippen LogP contribution in [0.4, 0.5) is 5.69 Å². The van der Waals surface area contributed by atoms with E-state index in [0.29, 0.717) is 45.9 Å². The Balaban J connectivity index is 1.74. The summed E-state index contributed by atoms with van der Waals surface area (Å²) < 4.78 is 32.6. The Labute approximate surface area is 167 Å². The lowest BCUT2D eigenvalue weighted by molar-refractivity contribution is 0.187. The number of aromatic nitrogens is 1. The number of thiophene rings is 1. The smallest absolute Gasteiger partial charge is 0.177 e. The molecular weight excluding hydrogens is 426 g/mol. The van der Waals surface area contributed by atoms with Crippen LogP contribution in [0.5, 0.6) is 0 Å². The van der Waals surface area contributed by atoms with Crippen molar-refractivity contribution in [3.8, 4) is 0 Å². The Bertz CT molecular complexity index is 934. The molecule has 8 heteroatoms. The van der Waals surface area contributed by atoms with Gasteiger partial charge in [0.2, 0.25) is 0 Å². The highest BCUT2D eigenvalue weighted by Crippen LogP contribution is 2.36. The third-order valence-electron chi connectivity index (χ3n) is 3.69. The number of hydrogen-bond donors (Lipinski definition) is 2. The molecule has 0 fully saturated rings. The van der Waals surface area contributed by atoms with E-state index in [1.807, 2.05) is 17.5 Å². The number of hydrogen-bond acceptors (Lipinski definition) is 6. The van der Waals surface area contributed by atoms with Gasteiger partial charge in [-0.05, 0) is 33.8 Å². The molecule has 3 rings (SSSR count). The van der Waals surface area contributed by atoms with Crippen molar-refractivity contribution in [1.29, 1.82) is 0 Å². The molecule has 0 spiro atoms. The normalized spacial score (nSPS) is 14.9. The quantitative estimate of drug-likeness (QED) is 0.484. The molecule has 0 saturated carbocycles. The second-order valence-corrected chi connectivity index (χ2v) is 7.76. The first-order chi connectivity index (χ1) is 13.2. The van der Waals surface area contributed by atoms with Crippen LogP contribution in [0.2, 0.25) is 5.15 Å². The number of ether oxygens (including phenoxy) is 1. The Morgan fingerprint density at radius 1 is 1.60 bits per heavy atom. The number of pyridine rings is 1. The SMILES string of the molecule is [2H]C([2H])([2H])OCC[C@H](N)Cc1oc2c(NCc3cccs3)cc(Cl)nc2c1Br. The zero-order valence-corrected chi connectivity index (χ0v) is 16.4. The molecule has 0 aliphatic rings. The van der Waals surface area contributed by atoms with Gasteiger partial charge in [-0.1, -0.05) is 17.7 Å². The van der Waals surface area contributed by atoms with Gasteiger partial charge in [0.1, 0.15) is 16.4 Å². The lowest BCUT2D eigenvalue weighted by atomic mass is 10.1. The molecule has 3 aromatic heterocycles. The van der Waals surface area contributed by atoms with Gasteiger partial charge in [-0.15, -0.1) is 11.3 Å². The monoisotopic (exact) mass is 446 g/mol. The van der Waals surface area contributed by atoms with Crippen molar-refractivity contribution < 1.29 is 13.3 Å². The molecular formula is C17H19BrClN3O2S. The second kappa shape index (κ2) is 8.51. The summed E-state index contributed by atoms with van der Waals surface area (Å²) in [5, 5.41) is 5.70. The van der Waals surface area contributed by atoms with Gasteiger partial charge in [0.25, 0.3) is 0 Å². The fourth-order valence-corrected chi connectivity index (χ4v) is 3.81. The standard InChI is InChI=1S/C17H19BrClN3O2S/c1-23-5-4-10(20)7-13-15(18)16-17(24-13)12(8-14(19)22-16)21-9-11-3-2-6-25-11/h2-3,6,8,10H,4-5,7,9,20H2,1H3,(H,21,22)/t10-/m0/s1/i1D3. The van der Waals surface area contributed by atoms with E-state index in [9.17, 15) is 0 Å². The maximum absolute atomic E-state index is 7.06. The van der Waals surface area contributed by atoms with E-state index in [4.69, 9.17) is 30.6 Å². The molecule has 0 bridgehead atoms. The van der Waals surface area contributed by atoms with E-state index in [1.165, 1.54) is 4.88 Å². The molecule has 0 saturated heterocycles. The van der Waals surface area contributed by atoms with E-state index in [2.05, 4.69) is 26.2 Å². The van der Waals surface area contributed by atoms with E-state index in [-0.39, 0.29) is 12.6 Å². The third kappa shape index (κ3) is 4.54. The summed E-state index contributed by atoms with van der Waals surface area (Å²) in [5.74, 6) is 0.630. The fraction of sp³-hybridized carbons (Fsp3) is 0.353. The number of nitrogens with zero attached hydrogens (tertiary/aromatic N) is 1. The molecule has 0 unspecified atom stereocenters. The summed E-state index contributed by atoms with van der Waals surface area (Å²) in [6, 6.07) is 5.44. The van der Waals surface area contributed by atoms with Crippen LogP contribution in [0.1, 0.15) is 21.2 Å². The molecule has 25 heavy (non-hydrogen) atoms. The number of fused-ring (bicyclic) bond motifs is 1. The van der Waals surface area contributed by atoms with Crippen LogP contribution < -0.4 is 11.1 Å². The number of nitrogens with one attached hydrogen (secondary N) is 1. The molecule has 0 aliphatic heterocycles. The highest BCUT2D eigenvalue weighted by molar-refractivity contribution is 9.10. The van der Waals surface area contributed by atoms with Crippen LogP contribution in [-0.2, 0) is 17.7 Å². The summed E-state index contributed by atoms with van der Waals surface area (Å²) in [5.41, 5.74) is 8.06. The van der Waals surface area contributed by atoms with Gasteiger partial charge in [-0.2, -0.15) is 0 Å². The minimum atomic E-state index is -2.41. The maximum Gasteiger partial charge on any atom is 0.177 e. The highest BCUT2D eigenvalue weighted by Gasteiger charge is 2.19. The topological polar surface area (TPSA) is 73.3 Å². The van der Waals surface area contributed by atoms with Gasteiger partial charge in [-0.25, -0.2) is 4.98 Å². The van der Waals surface area contributed by atoms with Gasteiger partial charge < -0.3 is 20.2 Å². The minimum absolute atomic E-state index is 0.0488. The summed E-state index contributed by atoms with van der Waals surface area (Å²) in [4.78, 5) is 5.53. The Morgan fingerprint density at radius 2 is 2.48 bits per heavy atom. The number of halogens is 2. The molecule has 3 N–H and O–H groups in total. The van der Waals surface area contributed by atoms with Crippen LogP contribution in [0, 0.1) is 0 Å². The second-order valence-electron chi connectivity index (χ2n) is 5.54. The lowest BCUT2D eigenvalue weighted by Gasteiger charge is -2.09. The number of anilines is 1. The van der Waals surface area contributed by atoms with Crippen LogP contribution in [0.15, 0.2) is 32.5 Å². The van der Waals surface area contributed by atoms with Crippen molar-refractivity contribution in [2.24, 2.45) is 5.73 Å². The largest absolute Gasteiger partial charge is 0.456 e. The van der Waals surface area contributed by atoms with E-state index in [1.54, 1.807) is 17.4 Å². The molecule has 134 valence electrons. The number of furan rings is 1. The van der Waals surface area contributed by atoms with Crippen molar-refractivity contribution in [3.63, 3.8) is 0 Å². The van der Waals surface area contributed by atoms with Crippen molar-refractivity contribution in [3.05, 3.63) is 43.8 Å². The van der Waals surface area contributed by atoms with Crippen molar-refractivity contribution in [1.82, 2.24) is 4.98 Å². The van der Waals surface area contributed by atoms with E-state index < -0.39 is 7.04 Å². The average molecular weight is 448 g/mol. The van der Waals surface area contributed by atoms with Gasteiger partial charge in [0, 0.05) is 43.6 Å². The highest BCUT2D eigenvalue weighted by atomic mass is 79.9. The maximum atomic E-state index is 7.06. The predicted molar refractivity (Wildman–Crippen MR) is 107 cm³/mol. The predicted octanol–water partition coefficient (Wildman–Crippen LogP) is 4.82. The zero-order chi connectivity index (χ0) is 20.3. The molecule has 5 nitrogen and oxygen atoms in total. The zero-order valence-electron chi connectivity index (χ0n) is 16.2. The summed E-state index contributed by atoms with van der Waals surface area (Å²) in [6.07, 6.45) is 0.794. The van der Waals surface area contributed by atoms with Crippen molar-refractivity contribution >= 4 is 55.7 Å². The van der Waals surface area contributed by atoms with Gasteiger partial charge in [-0.3, -0.25) is 0 Å². The molecule has 0 aliphatic carbocycles. The van der Waals surface area contributed by atoms with Gasteiger partial charge >= 0.3 is 0 Å². The number of methoxy groups -OCH3 is 1. The number of nitrogens with two attached hydrogens (primary N) is 1. The van der Waals surface area contributed by atoms with E-state index >= 15 is 0 Å².